The SMILES string of the molecule is CCCCC[S-].CCCCC[S-].[CH2]C(C)C.[CH2]C(C)C.[Sn+2]. The van der Waals surface area contributed by atoms with Crippen LogP contribution in [0.4, 0.5) is 0 Å². The van der Waals surface area contributed by atoms with Crippen molar-refractivity contribution < 1.29 is 0 Å². The molecule has 0 saturated carbocycles. The van der Waals surface area contributed by atoms with Crippen LogP contribution in [0.25, 0.3) is 0 Å². The predicted octanol–water partition coefficient (Wildman–Crippen LogP) is 6.02. The zero-order chi connectivity index (χ0) is 16.8. The molecule has 3 heteroatoms. The van der Waals surface area contributed by atoms with Crippen molar-refractivity contribution in [2.45, 2.75) is 80.1 Å². The van der Waals surface area contributed by atoms with E-state index in [1.807, 2.05) is 0 Å². The van der Waals surface area contributed by atoms with Gasteiger partial charge in [0.2, 0.25) is 0 Å². The molecule has 0 nitrogen and oxygen atoms in total. The van der Waals surface area contributed by atoms with Gasteiger partial charge in [0, 0.05) is 0 Å². The Kier molecular flexibility index (Phi) is 60.8. The van der Waals surface area contributed by atoms with Crippen molar-refractivity contribution >= 4 is 49.2 Å². The molecule has 0 atom stereocenters. The fourth-order valence-electron chi connectivity index (χ4n) is 0.704. The molecule has 0 spiro atoms. The van der Waals surface area contributed by atoms with E-state index in [-0.39, 0.29) is 23.9 Å². The van der Waals surface area contributed by atoms with Crippen LogP contribution >= 0.6 is 0 Å². The van der Waals surface area contributed by atoms with Crippen LogP contribution in [0.1, 0.15) is 80.1 Å². The molecule has 4 radical (unpaired) electrons. The molecule has 0 N–H and O–H groups in total. The Morgan fingerprint density at radius 3 is 0.905 bits per heavy atom. The van der Waals surface area contributed by atoms with E-state index < -0.39 is 0 Å². The van der Waals surface area contributed by atoms with Gasteiger partial charge in [-0.25, -0.2) is 0 Å². The Morgan fingerprint density at radius 1 is 0.667 bits per heavy atom. The second-order valence-corrected chi connectivity index (χ2v) is 6.43. The summed E-state index contributed by atoms with van der Waals surface area (Å²) in [6.07, 6.45) is 7.65. The average molecular weight is 439 g/mol. The summed E-state index contributed by atoms with van der Waals surface area (Å²) in [6.45, 7) is 19.9. The van der Waals surface area contributed by atoms with Gasteiger partial charge in [-0.2, -0.15) is 11.5 Å². The third-order valence-corrected chi connectivity index (χ3v) is 2.07. The van der Waals surface area contributed by atoms with Crippen molar-refractivity contribution in [1.29, 1.82) is 0 Å². The van der Waals surface area contributed by atoms with E-state index in [0.717, 1.165) is 11.5 Å². The van der Waals surface area contributed by atoms with Gasteiger partial charge in [0.1, 0.15) is 0 Å². The van der Waals surface area contributed by atoms with Gasteiger partial charge in [0.15, 0.2) is 0 Å². The second-order valence-electron chi connectivity index (χ2n) is 5.61. The number of hydrogen-bond acceptors (Lipinski definition) is 2. The summed E-state index contributed by atoms with van der Waals surface area (Å²) >= 11 is 9.43. The standard InChI is InChI=1S/2C5H12S.2C4H9.Sn/c2*1-2-3-4-5-6;2*1-4(2)3;/h2*6H,2-5H2,1H3;2*4H,1H2,2-3H3;/q;;;;+2/p-2. The minimum Gasteiger partial charge on any atom is -0.793 e. The maximum Gasteiger partial charge on any atom is 2.00 e. The van der Waals surface area contributed by atoms with Gasteiger partial charge < -0.3 is 25.3 Å². The molecule has 0 aliphatic rings. The molecule has 0 aromatic carbocycles. The summed E-state index contributed by atoms with van der Waals surface area (Å²) in [5, 5.41) is 0. The maximum atomic E-state index is 4.72. The molecule has 0 aliphatic carbocycles. The predicted molar refractivity (Wildman–Crippen MR) is 110 cm³/mol. The molecule has 0 saturated heterocycles. The summed E-state index contributed by atoms with van der Waals surface area (Å²) < 4.78 is 0. The van der Waals surface area contributed by atoms with E-state index in [1.165, 1.54) is 38.5 Å². The van der Waals surface area contributed by atoms with E-state index in [4.69, 9.17) is 25.3 Å². The van der Waals surface area contributed by atoms with E-state index in [1.54, 1.807) is 0 Å². The van der Waals surface area contributed by atoms with Crippen molar-refractivity contribution in [1.82, 2.24) is 0 Å². The molecule has 0 aliphatic heterocycles. The van der Waals surface area contributed by atoms with E-state index in [9.17, 15) is 0 Å². The fraction of sp³-hybridized carbons (Fsp3) is 0.889. The van der Waals surface area contributed by atoms with Crippen LogP contribution in [-0.2, 0) is 25.3 Å². The molecule has 0 heterocycles. The first-order valence-electron chi connectivity index (χ1n) is 8.12. The Balaban J connectivity index is -0.0000000544. The molecule has 0 unspecified atom stereocenters. The Morgan fingerprint density at radius 2 is 0.857 bits per heavy atom. The summed E-state index contributed by atoms with van der Waals surface area (Å²) in [7, 11) is 0. The van der Waals surface area contributed by atoms with Crippen LogP contribution in [0.15, 0.2) is 0 Å². The van der Waals surface area contributed by atoms with Crippen molar-refractivity contribution in [2.75, 3.05) is 11.5 Å². The number of hydrogen-bond donors (Lipinski definition) is 0. The molecule has 128 valence electrons. The topological polar surface area (TPSA) is 0 Å². The second kappa shape index (κ2) is 37.6. The van der Waals surface area contributed by atoms with E-state index in [0.29, 0.717) is 11.8 Å². The number of unbranched alkanes of at least 4 members (excludes halogenated alkanes) is 4. The molecule has 0 bridgehead atoms. The first-order valence-corrected chi connectivity index (χ1v) is 9.27. The Hall–Kier alpha value is 1.50. The minimum absolute atomic E-state index is 0. The summed E-state index contributed by atoms with van der Waals surface area (Å²) in [4.78, 5) is 0. The minimum atomic E-state index is 0. The average Bonchev–Trinajstić information content (AvgIpc) is 2.33. The molecule has 0 amide bonds. The zero-order valence-electron chi connectivity index (χ0n) is 15.5. The van der Waals surface area contributed by atoms with E-state index >= 15 is 0 Å². The van der Waals surface area contributed by atoms with Gasteiger partial charge in [-0.1, -0.05) is 93.9 Å². The maximum absolute atomic E-state index is 4.72. The monoisotopic (exact) mass is 440 g/mol. The van der Waals surface area contributed by atoms with Gasteiger partial charge >= 0.3 is 23.9 Å². The first-order chi connectivity index (χ1) is 9.29. The molecular weight excluding hydrogens is 399 g/mol. The molecule has 0 aromatic heterocycles. The molecule has 0 rings (SSSR count). The third-order valence-electron chi connectivity index (χ3n) is 1.50. The zero-order valence-corrected chi connectivity index (χ0v) is 20.0. The van der Waals surface area contributed by atoms with Crippen LogP contribution in [0.5, 0.6) is 0 Å². The van der Waals surface area contributed by atoms with Crippen molar-refractivity contribution in [2.24, 2.45) is 11.8 Å². The summed E-state index contributed by atoms with van der Waals surface area (Å²) in [6, 6.07) is 0. The molecule has 0 fully saturated rings. The molecular formula is C18H40S2Sn. The van der Waals surface area contributed by atoms with Crippen molar-refractivity contribution in [3.05, 3.63) is 13.8 Å². The normalized spacial score (nSPS) is 8.57. The summed E-state index contributed by atoms with van der Waals surface area (Å²) in [5.74, 6) is 3.04. The molecule has 0 aromatic rings. The van der Waals surface area contributed by atoms with Crippen LogP contribution < -0.4 is 0 Å². The molecule has 21 heavy (non-hydrogen) atoms. The Labute approximate surface area is 165 Å². The smallest absolute Gasteiger partial charge is 0.793 e. The van der Waals surface area contributed by atoms with E-state index in [2.05, 4.69) is 55.4 Å². The van der Waals surface area contributed by atoms with Crippen LogP contribution in [-0.4, -0.2) is 35.4 Å². The largest absolute Gasteiger partial charge is 2.00 e. The van der Waals surface area contributed by atoms with Gasteiger partial charge in [-0.15, -0.1) is 0 Å². The van der Waals surface area contributed by atoms with Crippen LogP contribution in [0.3, 0.4) is 0 Å². The first kappa shape index (κ1) is 34.0. The quantitative estimate of drug-likeness (QED) is 0.282. The van der Waals surface area contributed by atoms with Gasteiger partial charge in [-0.05, 0) is 11.8 Å². The van der Waals surface area contributed by atoms with Crippen LogP contribution in [0, 0.1) is 25.7 Å². The van der Waals surface area contributed by atoms with Gasteiger partial charge in [0.25, 0.3) is 0 Å². The van der Waals surface area contributed by atoms with Crippen LogP contribution in [0.2, 0.25) is 0 Å². The van der Waals surface area contributed by atoms with Crippen molar-refractivity contribution in [3.8, 4) is 0 Å². The van der Waals surface area contributed by atoms with Crippen molar-refractivity contribution in [3.63, 3.8) is 0 Å². The third kappa shape index (κ3) is 145. The summed E-state index contributed by atoms with van der Waals surface area (Å²) in [5.41, 5.74) is 0. The van der Waals surface area contributed by atoms with Gasteiger partial charge in [0.05, 0.1) is 0 Å². The number of rotatable bonds is 6. The Bertz CT molecular complexity index is 90.3. The fourth-order valence-corrected chi connectivity index (χ4v) is 1.11. The van der Waals surface area contributed by atoms with Gasteiger partial charge in [-0.3, -0.25) is 0 Å².